The fraction of sp³-hybridized carbons (Fsp3) is 0.588. The zero-order valence-electron chi connectivity index (χ0n) is 13.2. The number of aryl methyl sites for hydroxylation is 2. The average molecular weight is 289 g/mol. The van der Waals surface area contributed by atoms with Crippen LogP contribution in [0.5, 0.6) is 0 Å². The third-order valence-electron chi connectivity index (χ3n) is 3.74. The Morgan fingerprint density at radius 2 is 2.10 bits per heavy atom. The van der Waals surface area contributed by atoms with Crippen LogP contribution < -0.4 is 10.6 Å². The highest BCUT2D eigenvalue weighted by molar-refractivity contribution is 5.79. The van der Waals surface area contributed by atoms with Crippen molar-refractivity contribution in [1.82, 2.24) is 10.6 Å². The maximum atomic E-state index is 5.06. The first kappa shape index (κ1) is 15.8. The number of hydrogen-bond acceptors (Lipinski definition) is 2. The zero-order chi connectivity index (χ0) is 14.9. The lowest BCUT2D eigenvalue weighted by Gasteiger charge is -2.11. The molecular formula is C17H27N3O. The third kappa shape index (κ3) is 5.05. The molecule has 0 heterocycles. The first-order chi connectivity index (χ1) is 10.3. The molecule has 4 heteroatoms. The van der Waals surface area contributed by atoms with E-state index in [9.17, 15) is 0 Å². The Morgan fingerprint density at radius 1 is 1.24 bits per heavy atom. The van der Waals surface area contributed by atoms with Gasteiger partial charge in [0.1, 0.15) is 0 Å². The van der Waals surface area contributed by atoms with Crippen molar-refractivity contribution in [3.05, 3.63) is 34.9 Å². The third-order valence-corrected chi connectivity index (χ3v) is 3.74. The van der Waals surface area contributed by atoms with Gasteiger partial charge in [0.15, 0.2) is 5.96 Å². The summed E-state index contributed by atoms with van der Waals surface area (Å²) in [4.78, 5) is 4.66. The molecule has 0 unspecified atom stereocenters. The number of rotatable bonds is 7. The van der Waals surface area contributed by atoms with Crippen LogP contribution in [0.25, 0.3) is 0 Å². The Hall–Kier alpha value is -1.55. The van der Waals surface area contributed by atoms with Crippen LogP contribution in [0, 0.1) is 0 Å². The molecule has 0 spiro atoms. The molecule has 1 aromatic carbocycles. The normalized spacial score (nSPS) is 14.1. The number of hydrogen-bond donors (Lipinski definition) is 2. The lowest BCUT2D eigenvalue weighted by Crippen LogP contribution is -2.38. The monoisotopic (exact) mass is 289 g/mol. The van der Waals surface area contributed by atoms with Gasteiger partial charge < -0.3 is 15.4 Å². The minimum Gasteiger partial charge on any atom is -0.385 e. The molecule has 0 radical (unpaired) electrons. The van der Waals surface area contributed by atoms with Crippen LogP contribution >= 0.6 is 0 Å². The highest BCUT2D eigenvalue weighted by Gasteiger charge is 2.10. The predicted octanol–water partition coefficient (Wildman–Crippen LogP) is 2.27. The summed E-state index contributed by atoms with van der Waals surface area (Å²) in [6.45, 7) is 5.34. The summed E-state index contributed by atoms with van der Waals surface area (Å²) in [7, 11) is 1.73. The van der Waals surface area contributed by atoms with E-state index in [1.165, 1.54) is 36.0 Å². The molecule has 2 rings (SSSR count). The molecule has 0 fully saturated rings. The summed E-state index contributed by atoms with van der Waals surface area (Å²) in [5.74, 6) is 0.883. The number of guanidine groups is 1. The quantitative estimate of drug-likeness (QED) is 0.460. The van der Waals surface area contributed by atoms with Crippen LogP contribution in [-0.4, -0.2) is 32.8 Å². The van der Waals surface area contributed by atoms with Crippen molar-refractivity contribution < 1.29 is 4.74 Å². The van der Waals surface area contributed by atoms with E-state index >= 15 is 0 Å². The van der Waals surface area contributed by atoms with Crippen molar-refractivity contribution in [2.75, 3.05) is 26.8 Å². The second kappa shape index (κ2) is 8.67. The molecule has 1 aliphatic rings. The number of benzene rings is 1. The SMILES string of the molecule is CCNC(=NCc1ccc2c(c1)CCC2)NCCCOC. The zero-order valence-corrected chi connectivity index (χ0v) is 13.2. The lowest BCUT2D eigenvalue weighted by atomic mass is 10.1. The van der Waals surface area contributed by atoms with Crippen LogP contribution in [0.2, 0.25) is 0 Å². The van der Waals surface area contributed by atoms with Crippen LogP contribution in [0.4, 0.5) is 0 Å². The number of nitrogens with one attached hydrogen (secondary N) is 2. The van der Waals surface area contributed by atoms with Crippen LogP contribution in [0.15, 0.2) is 23.2 Å². The van der Waals surface area contributed by atoms with Gasteiger partial charge in [0.25, 0.3) is 0 Å². The molecular weight excluding hydrogens is 262 g/mol. The minimum atomic E-state index is 0.729. The van der Waals surface area contributed by atoms with Crippen LogP contribution in [0.3, 0.4) is 0 Å². The first-order valence-corrected chi connectivity index (χ1v) is 7.95. The van der Waals surface area contributed by atoms with E-state index < -0.39 is 0 Å². The van der Waals surface area contributed by atoms with Crippen LogP contribution in [0.1, 0.15) is 36.5 Å². The molecule has 1 aromatic rings. The van der Waals surface area contributed by atoms with Gasteiger partial charge in [-0.05, 0) is 49.3 Å². The molecule has 2 N–H and O–H groups in total. The predicted molar refractivity (Wildman–Crippen MR) is 87.8 cm³/mol. The Balaban J connectivity index is 1.89. The Labute approximate surface area is 128 Å². The molecule has 0 saturated heterocycles. The molecule has 0 saturated carbocycles. The van der Waals surface area contributed by atoms with Gasteiger partial charge in [-0.1, -0.05) is 18.2 Å². The fourth-order valence-corrected chi connectivity index (χ4v) is 2.66. The van der Waals surface area contributed by atoms with Crippen molar-refractivity contribution in [2.45, 2.75) is 39.2 Å². The Morgan fingerprint density at radius 3 is 2.90 bits per heavy atom. The molecule has 0 aliphatic heterocycles. The van der Waals surface area contributed by atoms with Crippen molar-refractivity contribution in [2.24, 2.45) is 4.99 Å². The van der Waals surface area contributed by atoms with E-state index in [1.807, 2.05) is 0 Å². The van der Waals surface area contributed by atoms with E-state index in [4.69, 9.17) is 4.74 Å². The van der Waals surface area contributed by atoms with Gasteiger partial charge in [0.2, 0.25) is 0 Å². The lowest BCUT2D eigenvalue weighted by molar-refractivity contribution is 0.195. The van der Waals surface area contributed by atoms with Crippen molar-refractivity contribution in [3.63, 3.8) is 0 Å². The first-order valence-electron chi connectivity index (χ1n) is 7.95. The molecule has 0 atom stereocenters. The molecule has 0 aromatic heterocycles. The van der Waals surface area contributed by atoms with E-state index in [1.54, 1.807) is 7.11 Å². The summed E-state index contributed by atoms with van der Waals surface area (Å²) < 4.78 is 5.06. The molecule has 0 amide bonds. The molecule has 21 heavy (non-hydrogen) atoms. The molecule has 116 valence electrons. The summed E-state index contributed by atoms with van der Waals surface area (Å²) in [5.41, 5.74) is 4.33. The van der Waals surface area contributed by atoms with Gasteiger partial charge in [-0.25, -0.2) is 4.99 Å². The number of aliphatic imine (C=N–C) groups is 1. The minimum absolute atomic E-state index is 0.729. The Kier molecular flexibility index (Phi) is 6.54. The summed E-state index contributed by atoms with van der Waals surface area (Å²) >= 11 is 0. The Bertz CT molecular complexity index is 471. The summed E-state index contributed by atoms with van der Waals surface area (Å²) in [5, 5.41) is 6.62. The summed E-state index contributed by atoms with van der Waals surface area (Å²) in [6, 6.07) is 6.80. The van der Waals surface area contributed by atoms with Crippen LogP contribution in [-0.2, 0) is 24.1 Å². The number of fused-ring (bicyclic) bond motifs is 1. The second-order valence-corrected chi connectivity index (χ2v) is 5.42. The highest BCUT2D eigenvalue weighted by Crippen LogP contribution is 2.22. The standard InChI is InChI=1S/C17H27N3O/c1-3-18-17(19-10-5-11-21-2)20-13-14-8-9-15-6-4-7-16(15)12-14/h8-9,12H,3-7,10-11,13H2,1-2H3,(H2,18,19,20). The van der Waals surface area contributed by atoms with Crippen molar-refractivity contribution >= 4 is 5.96 Å². The van der Waals surface area contributed by atoms with Crippen molar-refractivity contribution in [3.8, 4) is 0 Å². The smallest absolute Gasteiger partial charge is 0.191 e. The van der Waals surface area contributed by atoms with Gasteiger partial charge >= 0.3 is 0 Å². The van der Waals surface area contributed by atoms with Gasteiger partial charge in [-0.3, -0.25) is 0 Å². The number of methoxy groups -OCH3 is 1. The largest absolute Gasteiger partial charge is 0.385 e. The average Bonchev–Trinajstić information content (AvgIpc) is 2.96. The van der Waals surface area contributed by atoms with E-state index in [0.29, 0.717) is 0 Å². The summed E-state index contributed by atoms with van der Waals surface area (Å²) in [6.07, 6.45) is 4.75. The van der Waals surface area contributed by atoms with E-state index in [0.717, 1.165) is 38.6 Å². The van der Waals surface area contributed by atoms with Gasteiger partial charge in [0.05, 0.1) is 6.54 Å². The van der Waals surface area contributed by atoms with Gasteiger partial charge in [-0.2, -0.15) is 0 Å². The fourth-order valence-electron chi connectivity index (χ4n) is 2.66. The highest BCUT2D eigenvalue weighted by atomic mass is 16.5. The molecule has 1 aliphatic carbocycles. The maximum absolute atomic E-state index is 5.06. The second-order valence-electron chi connectivity index (χ2n) is 5.42. The van der Waals surface area contributed by atoms with E-state index in [2.05, 4.69) is 40.7 Å². The molecule has 4 nitrogen and oxygen atoms in total. The van der Waals surface area contributed by atoms with Crippen molar-refractivity contribution in [1.29, 1.82) is 0 Å². The number of nitrogens with zero attached hydrogens (tertiary/aromatic N) is 1. The van der Waals surface area contributed by atoms with Gasteiger partial charge in [0, 0.05) is 26.8 Å². The number of ether oxygens (including phenoxy) is 1. The van der Waals surface area contributed by atoms with E-state index in [-0.39, 0.29) is 0 Å². The van der Waals surface area contributed by atoms with Gasteiger partial charge in [-0.15, -0.1) is 0 Å². The maximum Gasteiger partial charge on any atom is 0.191 e. The topological polar surface area (TPSA) is 45.7 Å². The molecule has 0 bridgehead atoms.